The highest BCUT2D eigenvalue weighted by Crippen LogP contribution is 2.30. The minimum absolute atomic E-state index is 0.0754. The van der Waals surface area contributed by atoms with Crippen LogP contribution >= 0.6 is 11.6 Å². The van der Waals surface area contributed by atoms with Gasteiger partial charge in [0.1, 0.15) is 5.75 Å². The summed E-state index contributed by atoms with van der Waals surface area (Å²) < 4.78 is 0. The molecule has 1 atom stereocenters. The number of halogens is 1. The van der Waals surface area contributed by atoms with Crippen LogP contribution in [-0.4, -0.2) is 28.9 Å². The highest BCUT2D eigenvalue weighted by Gasteiger charge is 2.21. The van der Waals surface area contributed by atoms with E-state index in [4.69, 9.17) is 11.6 Å². The lowest BCUT2D eigenvalue weighted by Crippen LogP contribution is -2.20. The van der Waals surface area contributed by atoms with Crippen molar-refractivity contribution in [2.24, 2.45) is 5.92 Å². The molecule has 0 bridgehead atoms. The van der Waals surface area contributed by atoms with Crippen molar-refractivity contribution in [1.82, 2.24) is 4.90 Å². The summed E-state index contributed by atoms with van der Waals surface area (Å²) in [6.07, 6.45) is 1.18. The number of phenols is 1. The van der Waals surface area contributed by atoms with Gasteiger partial charge in [-0.1, -0.05) is 18.5 Å². The number of likely N-dealkylation sites (tertiary alicyclic amines) is 1. The van der Waals surface area contributed by atoms with Gasteiger partial charge < -0.3 is 5.11 Å². The first-order chi connectivity index (χ1) is 8.47. The Morgan fingerprint density at radius 2 is 2.28 bits per heavy atom. The van der Waals surface area contributed by atoms with Gasteiger partial charge in [-0.2, -0.15) is 0 Å². The van der Waals surface area contributed by atoms with Crippen molar-refractivity contribution in [2.45, 2.75) is 26.8 Å². The number of nitrogens with zero attached hydrogens (tertiary/aromatic N) is 1. The van der Waals surface area contributed by atoms with Crippen molar-refractivity contribution in [2.75, 3.05) is 13.1 Å². The molecule has 0 aliphatic carbocycles. The average Bonchev–Trinajstić information content (AvgIpc) is 2.68. The molecule has 0 radical (unpaired) electrons. The zero-order valence-electron chi connectivity index (χ0n) is 10.7. The lowest BCUT2D eigenvalue weighted by Gasteiger charge is -2.17. The summed E-state index contributed by atoms with van der Waals surface area (Å²) in [6.45, 7) is 6.37. The van der Waals surface area contributed by atoms with Crippen LogP contribution in [-0.2, 0) is 6.54 Å². The fourth-order valence-electron chi connectivity index (χ4n) is 2.46. The zero-order valence-corrected chi connectivity index (χ0v) is 11.5. The number of rotatable bonds is 3. The van der Waals surface area contributed by atoms with Crippen molar-refractivity contribution in [3.63, 3.8) is 0 Å². The summed E-state index contributed by atoms with van der Waals surface area (Å²) in [5, 5.41) is 10.6. The van der Waals surface area contributed by atoms with Crippen LogP contribution in [0.15, 0.2) is 12.1 Å². The summed E-state index contributed by atoms with van der Waals surface area (Å²) in [6, 6.07) is 3.27. The summed E-state index contributed by atoms with van der Waals surface area (Å²) >= 11 is 6.00. The van der Waals surface area contributed by atoms with Crippen LogP contribution < -0.4 is 0 Å². The molecule has 1 aliphatic heterocycles. The number of benzene rings is 1. The zero-order chi connectivity index (χ0) is 13.3. The lowest BCUT2D eigenvalue weighted by molar-refractivity contribution is 0.101. The van der Waals surface area contributed by atoms with Gasteiger partial charge in [0.25, 0.3) is 0 Å². The molecule has 0 saturated carbocycles. The largest absolute Gasteiger partial charge is 0.507 e. The van der Waals surface area contributed by atoms with Crippen LogP contribution in [0.25, 0.3) is 0 Å². The van der Waals surface area contributed by atoms with Gasteiger partial charge in [-0.15, -0.1) is 0 Å². The fourth-order valence-corrected chi connectivity index (χ4v) is 2.70. The number of Topliss-reactive ketones (excluding diaryl/α,β-unsaturated/α-hetero) is 1. The predicted molar refractivity (Wildman–Crippen MR) is 72.2 cm³/mol. The lowest BCUT2D eigenvalue weighted by atomic mass is 10.1. The van der Waals surface area contributed by atoms with Crippen molar-refractivity contribution in [3.8, 4) is 5.75 Å². The molecule has 1 fully saturated rings. The molecule has 1 aromatic rings. The number of hydrogen-bond donors (Lipinski definition) is 1. The monoisotopic (exact) mass is 267 g/mol. The normalized spacial score (nSPS) is 20.3. The highest BCUT2D eigenvalue weighted by molar-refractivity contribution is 6.31. The quantitative estimate of drug-likeness (QED) is 0.856. The summed E-state index contributed by atoms with van der Waals surface area (Å²) in [5.41, 5.74) is 1.05. The maximum Gasteiger partial charge on any atom is 0.163 e. The molecule has 0 spiro atoms. The number of phenolic OH excluding ortho intramolecular Hbond substituents is 1. The van der Waals surface area contributed by atoms with Crippen molar-refractivity contribution in [1.29, 1.82) is 0 Å². The smallest absolute Gasteiger partial charge is 0.163 e. The molecule has 3 nitrogen and oxygen atoms in total. The number of hydrogen-bond acceptors (Lipinski definition) is 3. The number of aromatic hydroxyl groups is 1. The molecule has 1 unspecified atom stereocenters. The molecule has 2 rings (SSSR count). The molecule has 1 saturated heterocycles. The third-order valence-corrected chi connectivity index (χ3v) is 3.65. The van der Waals surface area contributed by atoms with Gasteiger partial charge in [-0.3, -0.25) is 9.69 Å². The molecule has 4 heteroatoms. The molecule has 0 aromatic heterocycles. The van der Waals surface area contributed by atoms with Gasteiger partial charge in [-0.25, -0.2) is 0 Å². The second-order valence-corrected chi connectivity index (χ2v) is 5.58. The molecule has 1 aromatic carbocycles. The Labute approximate surface area is 112 Å². The van der Waals surface area contributed by atoms with Crippen LogP contribution in [0.5, 0.6) is 5.75 Å². The molecule has 1 heterocycles. The van der Waals surface area contributed by atoms with Gasteiger partial charge in [0.2, 0.25) is 0 Å². The highest BCUT2D eigenvalue weighted by atomic mass is 35.5. The Bertz CT molecular complexity index is 473. The molecule has 0 amide bonds. The SMILES string of the molecule is CC(=O)c1cc(Cl)cc(CN2CCC(C)C2)c1O. The Morgan fingerprint density at radius 3 is 2.83 bits per heavy atom. The number of carbonyl (C=O) groups is 1. The van der Waals surface area contributed by atoms with E-state index in [0.29, 0.717) is 23.0 Å². The minimum Gasteiger partial charge on any atom is -0.507 e. The van der Waals surface area contributed by atoms with Crippen LogP contribution in [0, 0.1) is 5.92 Å². The first kappa shape index (κ1) is 13.4. The second-order valence-electron chi connectivity index (χ2n) is 5.15. The minimum atomic E-state index is -0.161. The van der Waals surface area contributed by atoms with E-state index in [-0.39, 0.29) is 11.5 Å². The number of carbonyl (C=O) groups excluding carboxylic acids is 1. The van der Waals surface area contributed by atoms with Crippen LogP contribution in [0.1, 0.15) is 36.2 Å². The molecule has 98 valence electrons. The van der Waals surface area contributed by atoms with Gasteiger partial charge >= 0.3 is 0 Å². The molecule has 1 aliphatic rings. The van der Waals surface area contributed by atoms with Gasteiger partial charge in [0, 0.05) is 23.7 Å². The average molecular weight is 268 g/mol. The van der Waals surface area contributed by atoms with Crippen LogP contribution in [0.2, 0.25) is 5.02 Å². The number of ketones is 1. The van der Waals surface area contributed by atoms with E-state index in [2.05, 4.69) is 11.8 Å². The van der Waals surface area contributed by atoms with E-state index in [1.54, 1.807) is 6.07 Å². The summed E-state index contributed by atoms with van der Waals surface area (Å²) in [5.74, 6) is 0.607. The van der Waals surface area contributed by atoms with Crippen molar-refractivity contribution >= 4 is 17.4 Å². The van der Waals surface area contributed by atoms with E-state index in [0.717, 1.165) is 18.7 Å². The topological polar surface area (TPSA) is 40.5 Å². The summed E-state index contributed by atoms with van der Waals surface area (Å²) in [4.78, 5) is 13.7. The Kier molecular flexibility index (Phi) is 3.93. The van der Waals surface area contributed by atoms with Gasteiger partial charge in [0.05, 0.1) is 5.56 Å². The van der Waals surface area contributed by atoms with Crippen LogP contribution in [0.3, 0.4) is 0 Å². The van der Waals surface area contributed by atoms with Gasteiger partial charge in [-0.05, 0) is 37.9 Å². The van der Waals surface area contributed by atoms with E-state index in [9.17, 15) is 9.90 Å². The molecular weight excluding hydrogens is 250 g/mol. The maximum absolute atomic E-state index is 11.4. The Balaban J connectivity index is 2.24. The standard InChI is InChI=1S/C14H18ClNO2/c1-9-3-4-16(7-9)8-11-5-12(15)6-13(10(2)17)14(11)18/h5-6,9,18H,3-4,7-8H2,1-2H3. The van der Waals surface area contributed by atoms with Crippen LogP contribution in [0.4, 0.5) is 0 Å². The third-order valence-electron chi connectivity index (χ3n) is 3.43. The Hall–Kier alpha value is -1.06. The van der Waals surface area contributed by atoms with Gasteiger partial charge in [0.15, 0.2) is 5.78 Å². The summed E-state index contributed by atoms with van der Waals surface area (Å²) in [7, 11) is 0. The fraction of sp³-hybridized carbons (Fsp3) is 0.500. The molecular formula is C14H18ClNO2. The van der Waals surface area contributed by atoms with E-state index >= 15 is 0 Å². The molecule has 18 heavy (non-hydrogen) atoms. The van der Waals surface area contributed by atoms with Crippen molar-refractivity contribution < 1.29 is 9.90 Å². The van der Waals surface area contributed by atoms with E-state index in [1.165, 1.54) is 19.4 Å². The first-order valence-electron chi connectivity index (χ1n) is 6.22. The third kappa shape index (κ3) is 2.85. The Morgan fingerprint density at radius 1 is 1.56 bits per heavy atom. The first-order valence-corrected chi connectivity index (χ1v) is 6.60. The maximum atomic E-state index is 11.4. The van der Waals surface area contributed by atoms with E-state index < -0.39 is 0 Å². The van der Waals surface area contributed by atoms with E-state index in [1.807, 2.05) is 0 Å². The second kappa shape index (κ2) is 5.29. The van der Waals surface area contributed by atoms with Crippen molar-refractivity contribution in [3.05, 3.63) is 28.3 Å². The predicted octanol–water partition coefficient (Wildman–Crippen LogP) is 3.09. The molecule has 1 N–H and O–H groups in total.